The third kappa shape index (κ3) is 3.31. The third-order valence-electron chi connectivity index (χ3n) is 2.40. The summed E-state index contributed by atoms with van der Waals surface area (Å²) in [6.07, 6.45) is -0.537. The SMILES string of the molecule is C[C@H](O)c1cc(Br)ccc1OCc1ccsc1. The van der Waals surface area contributed by atoms with E-state index in [1.807, 2.05) is 29.6 Å². The van der Waals surface area contributed by atoms with E-state index in [1.165, 1.54) is 0 Å². The number of thiophene rings is 1. The molecule has 1 aromatic heterocycles. The summed E-state index contributed by atoms with van der Waals surface area (Å²) in [4.78, 5) is 0. The molecule has 0 amide bonds. The van der Waals surface area contributed by atoms with Crippen LogP contribution in [0.5, 0.6) is 5.75 Å². The maximum absolute atomic E-state index is 9.69. The predicted molar refractivity (Wildman–Crippen MR) is 73.4 cm³/mol. The van der Waals surface area contributed by atoms with Crippen molar-refractivity contribution < 1.29 is 9.84 Å². The molecule has 0 bridgehead atoms. The van der Waals surface area contributed by atoms with E-state index in [-0.39, 0.29) is 0 Å². The van der Waals surface area contributed by atoms with Crippen molar-refractivity contribution in [3.63, 3.8) is 0 Å². The van der Waals surface area contributed by atoms with E-state index < -0.39 is 6.10 Å². The van der Waals surface area contributed by atoms with E-state index >= 15 is 0 Å². The Labute approximate surface area is 113 Å². The van der Waals surface area contributed by atoms with Crippen molar-refractivity contribution >= 4 is 27.3 Å². The van der Waals surface area contributed by atoms with Crippen LogP contribution in [0, 0.1) is 0 Å². The Bertz CT molecular complexity index is 480. The summed E-state index contributed by atoms with van der Waals surface area (Å²) in [5.74, 6) is 0.731. The molecule has 0 saturated carbocycles. The van der Waals surface area contributed by atoms with Gasteiger partial charge in [-0.25, -0.2) is 0 Å². The molecule has 2 rings (SSSR count). The Balaban J connectivity index is 2.14. The Morgan fingerprint density at radius 1 is 1.41 bits per heavy atom. The van der Waals surface area contributed by atoms with Crippen LogP contribution in [0.2, 0.25) is 0 Å². The van der Waals surface area contributed by atoms with Gasteiger partial charge in [-0.3, -0.25) is 0 Å². The average Bonchev–Trinajstić information content (AvgIpc) is 2.80. The van der Waals surface area contributed by atoms with E-state index in [2.05, 4.69) is 21.3 Å². The smallest absolute Gasteiger partial charge is 0.125 e. The minimum Gasteiger partial charge on any atom is -0.488 e. The van der Waals surface area contributed by atoms with Crippen molar-refractivity contribution in [1.29, 1.82) is 0 Å². The lowest BCUT2D eigenvalue weighted by Gasteiger charge is -2.13. The quantitative estimate of drug-likeness (QED) is 0.919. The molecule has 0 radical (unpaired) electrons. The highest BCUT2D eigenvalue weighted by Gasteiger charge is 2.10. The highest BCUT2D eigenvalue weighted by molar-refractivity contribution is 9.10. The Morgan fingerprint density at radius 3 is 2.88 bits per heavy atom. The molecule has 1 atom stereocenters. The number of hydrogen-bond acceptors (Lipinski definition) is 3. The highest BCUT2D eigenvalue weighted by Crippen LogP contribution is 2.29. The Hall–Kier alpha value is -0.840. The first kappa shape index (κ1) is 12.6. The van der Waals surface area contributed by atoms with Crippen LogP contribution in [-0.2, 0) is 6.61 Å². The molecule has 0 aliphatic rings. The number of halogens is 1. The number of hydrogen-bond donors (Lipinski definition) is 1. The van der Waals surface area contributed by atoms with Gasteiger partial charge in [0.25, 0.3) is 0 Å². The highest BCUT2D eigenvalue weighted by atomic mass is 79.9. The van der Waals surface area contributed by atoms with Crippen molar-refractivity contribution in [2.24, 2.45) is 0 Å². The lowest BCUT2D eigenvalue weighted by molar-refractivity contribution is 0.190. The number of aliphatic hydroxyl groups excluding tert-OH is 1. The van der Waals surface area contributed by atoms with Crippen LogP contribution in [-0.4, -0.2) is 5.11 Å². The average molecular weight is 313 g/mol. The summed E-state index contributed by atoms with van der Waals surface area (Å²) >= 11 is 5.04. The second-order valence-electron chi connectivity index (χ2n) is 3.78. The topological polar surface area (TPSA) is 29.5 Å². The van der Waals surface area contributed by atoms with Crippen molar-refractivity contribution in [2.75, 3.05) is 0 Å². The van der Waals surface area contributed by atoms with Crippen LogP contribution in [0.15, 0.2) is 39.5 Å². The van der Waals surface area contributed by atoms with Gasteiger partial charge in [-0.05, 0) is 47.5 Å². The van der Waals surface area contributed by atoms with Crippen LogP contribution in [0.3, 0.4) is 0 Å². The monoisotopic (exact) mass is 312 g/mol. The molecule has 2 nitrogen and oxygen atoms in total. The summed E-state index contributed by atoms with van der Waals surface area (Å²) in [5.41, 5.74) is 1.95. The minimum atomic E-state index is -0.537. The van der Waals surface area contributed by atoms with Crippen molar-refractivity contribution in [3.05, 3.63) is 50.6 Å². The third-order valence-corrected chi connectivity index (χ3v) is 3.62. The first-order valence-corrected chi connectivity index (χ1v) is 7.02. The molecule has 1 N–H and O–H groups in total. The van der Waals surface area contributed by atoms with Crippen molar-refractivity contribution in [3.8, 4) is 5.75 Å². The number of aliphatic hydroxyl groups is 1. The van der Waals surface area contributed by atoms with E-state index in [4.69, 9.17) is 4.74 Å². The molecule has 0 saturated heterocycles. The molecule has 1 aromatic carbocycles. The van der Waals surface area contributed by atoms with Crippen LogP contribution >= 0.6 is 27.3 Å². The Kier molecular flexibility index (Phi) is 4.20. The lowest BCUT2D eigenvalue weighted by Crippen LogP contribution is -2.00. The van der Waals surface area contributed by atoms with Crippen LogP contribution in [0.1, 0.15) is 24.2 Å². The molecule has 1 heterocycles. The lowest BCUT2D eigenvalue weighted by atomic mass is 10.1. The molecule has 90 valence electrons. The second-order valence-corrected chi connectivity index (χ2v) is 5.47. The summed E-state index contributed by atoms with van der Waals surface area (Å²) < 4.78 is 6.66. The van der Waals surface area contributed by atoms with Gasteiger partial charge in [0.1, 0.15) is 12.4 Å². The summed E-state index contributed by atoms with van der Waals surface area (Å²) in [7, 11) is 0. The van der Waals surface area contributed by atoms with Gasteiger partial charge in [0.05, 0.1) is 6.10 Å². The molecule has 0 spiro atoms. The van der Waals surface area contributed by atoms with Gasteiger partial charge in [-0.1, -0.05) is 15.9 Å². The molecule has 2 aromatic rings. The first-order chi connectivity index (χ1) is 8.16. The number of rotatable bonds is 4. The number of benzene rings is 1. The maximum atomic E-state index is 9.69. The Morgan fingerprint density at radius 2 is 2.24 bits per heavy atom. The van der Waals surface area contributed by atoms with E-state index in [0.29, 0.717) is 6.61 Å². The molecular weight excluding hydrogens is 300 g/mol. The predicted octanol–water partition coefficient (Wildman–Crippen LogP) is 4.14. The van der Waals surface area contributed by atoms with Gasteiger partial charge >= 0.3 is 0 Å². The molecule has 0 aliphatic heterocycles. The second kappa shape index (κ2) is 5.67. The zero-order chi connectivity index (χ0) is 12.3. The van der Waals surface area contributed by atoms with E-state index in [9.17, 15) is 5.11 Å². The number of ether oxygens (including phenoxy) is 1. The van der Waals surface area contributed by atoms with Crippen molar-refractivity contribution in [2.45, 2.75) is 19.6 Å². The van der Waals surface area contributed by atoms with Crippen LogP contribution < -0.4 is 4.74 Å². The van der Waals surface area contributed by atoms with Gasteiger partial charge in [0, 0.05) is 10.0 Å². The molecule has 17 heavy (non-hydrogen) atoms. The van der Waals surface area contributed by atoms with E-state index in [0.717, 1.165) is 21.3 Å². The first-order valence-electron chi connectivity index (χ1n) is 5.28. The summed E-state index contributed by atoms with van der Waals surface area (Å²) in [6.45, 7) is 2.27. The normalized spacial score (nSPS) is 12.4. The molecule has 0 fully saturated rings. The molecule has 4 heteroatoms. The zero-order valence-electron chi connectivity index (χ0n) is 9.39. The van der Waals surface area contributed by atoms with E-state index in [1.54, 1.807) is 18.3 Å². The van der Waals surface area contributed by atoms with Crippen LogP contribution in [0.25, 0.3) is 0 Å². The van der Waals surface area contributed by atoms with Gasteiger partial charge in [-0.2, -0.15) is 11.3 Å². The standard InChI is InChI=1S/C13H13BrO2S/c1-9(15)12-6-11(14)2-3-13(12)16-7-10-4-5-17-8-10/h2-6,8-9,15H,7H2,1H3/t9-/m0/s1. The summed E-state index contributed by atoms with van der Waals surface area (Å²) in [6, 6.07) is 7.70. The zero-order valence-corrected chi connectivity index (χ0v) is 11.8. The molecule has 0 unspecified atom stereocenters. The maximum Gasteiger partial charge on any atom is 0.125 e. The van der Waals surface area contributed by atoms with Gasteiger partial charge < -0.3 is 9.84 Å². The minimum absolute atomic E-state index is 0.533. The fraction of sp³-hybridized carbons (Fsp3) is 0.231. The summed E-state index contributed by atoms with van der Waals surface area (Å²) in [5, 5.41) is 13.8. The van der Waals surface area contributed by atoms with Gasteiger partial charge in [-0.15, -0.1) is 0 Å². The largest absolute Gasteiger partial charge is 0.488 e. The molecule has 0 aliphatic carbocycles. The van der Waals surface area contributed by atoms with Gasteiger partial charge in [0.15, 0.2) is 0 Å². The van der Waals surface area contributed by atoms with Crippen molar-refractivity contribution in [1.82, 2.24) is 0 Å². The fourth-order valence-electron chi connectivity index (χ4n) is 1.51. The van der Waals surface area contributed by atoms with Gasteiger partial charge in [0.2, 0.25) is 0 Å². The molecular formula is C13H13BrO2S. The fourth-order valence-corrected chi connectivity index (χ4v) is 2.55. The van der Waals surface area contributed by atoms with Crippen LogP contribution in [0.4, 0.5) is 0 Å².